The SMILES string of the molecule is CSC1(C)C(=O)N(C(C)=O)c2ccc(C3=NNC(=O)SC3)cc21. The summed E-state index contributed by atoms with van der Waals surface area (Å²) in [6.45, 7) is 3.21. The van der Waals surface area contributed by atoms with Crippen molar-refractivity contribution in [3.8, 4) is 0 Å². The molecule has 3 amide bonds. The molecule has 8 heteroatoms. The normalized spacial score (nSPS) is 23.4. The number of thioether (sulfide) groups is 2. The summed E-state index contributed by atoms with van der Waals surface area (Å²) in [6.07, 6.45) is 1.85. The first-order valence-corrected chi connectivity index (χ1v) is 9.14. The van der Waals surface area contributed by atoms with Crippen LogP contribution in [0.3, 0.4) is 0 Å². The van der Waals surface area contributed by atoms with Crippen LogP contribution < -0.4 is 10.3 Å². The van der Waals surface area contributed by atoms with Gasteiger partial charge in [-0.1, -0.05) is 17.8 Å². The van der Waals surface area contributed by atoms with Crippen molar-refractivity contribution in [1.82, 2.24) is 5.43 Å². The Bertz CT molecular complexity index is 762. The second-order valence-electron chi connectivity index (χ2n) is 5.38. The average molecular weight is 349 g/mol. The number of carbonyl (C=O) groups excluding carboxylic acids is 3. The van der Waals surface area contributed by atoms with Gasteiger partial charge in [-0.2, -0.15) is 5.10 Å². The van der Waals surface area contributed by atoms with E-state index in [4.69, 9.17) is 0 Å². The zero-order valence-corrected chi connectivity index (χ0v) is 14.5. The van der Waals surface area contributed by atoms with E-state index < -0.39 is 4.75 Å². The Balaban J connectivity index is 2.10. The molecule has 2 aliphatic rings. The topological polar surface area (TPSA) is 78.8 Å². The lowest BCUT2D eigenvalue weighted by molar-refractivity contribution is -0.126. The van der Waals surface area contributed by atoms with Gasteiger partial charge in [0.1, 0.15) is 4.75 Å². The largest absolute Gasteiger partial charge is 0.299 e. The number of imide groups is 1. The first-order valence-electron chi connectivity index (χ1n) is 6.93. The fraction of sp³-hybridized carbons (Fsp3) is 0.333. The number of nitrogens with one attached hydrogen (secondary N) is 1. The zero-order valence-electron chi connectivity index (χ0n) is 12.9. The van der Waals surface area contributed by atoms with Crippen molar-refractivity contribution in [2.24, 2.45) is 5.10 Å². The van der Waals surface area contributed by atoms with Crippen molar-refractivity contribution in [2.45, 2.75) is 18.6 Å². The molecule has 1 N–H and O–H groups in total. The number of carbonyl (C=O) groups is 3. The highest BCUT2D eigenvalue weighted by molar-refractivity contribution is 8.14. The lowest BCUT2D eigenvalue weighted by atomic mass is 9.98. The molecule has 6 nitrogen and oxygen atoms in total. The van der Waals surface area contributed by atoms with Gasteiger partial charge in [0.05, 0.1) is 11.4 Å². The Morgan fingerprint density at radius 3 is 2.74 bits per heavy atom. The van der Waals surface area contributed by atoms with E-state index in [1.54, 1.807) is 6.07 Å². The van der Waals surface area contributed by atoms with Gasteiger partial charge in [0, 0.05) is 18.2 Å². The van der Waals surface area contributed by atoms with E-state index in [0.29, 0.717) is 11.4 Å². The van der Waals surface area contributed by atoms with Gasteiger partial charge in [-0.25, -0.2) is 10.3 Å². The molecule has 1 aromatic carbocycles. The molecule has 2 heterocycles. The Hall–Kier alpha value is -1.80. The van der Waals surface area contributed by atoms with Gasteiger partial charge < -0.3 is 0 Å². The number of rotatable bonds is 2. The van der Waals surface area contributed by atoms with Crippen molar-refractivity contribution in [2.75, 3.05) is 16.9 Å². The minimum Gasteiger partial charge on any atom is -0.274 e. The molecule has 1 unspecified atom stereocenters. The maximum absolute atomic E-state index is 12.7. The average Bonchev–Trinajstić information content (AvgIpc) is 2.76. The van der Waals surface area contributed by atoms with Gasteiger partial charge >= 0.3 is 0 Å². The lowest BCUT2D eigenvalue weighted by Crippen LogP contribution is -2.38. The van der Waals surface area contributed by atoms with E-state index >= 15 is 0 Å². The van der Waals surface area contributed by atoms with Crippen LogP contribution in [0, 0.1) is 0 Å². The molecule has 0 saturated heterocycles. The molecule has 0 aromatic heterocycles. The fourth-order valence-corrected chi connectivity index (χ4v) is 3.96. The Labute approximate surface area is 142 Å². The van der Waals surface area contributed by atoms with Crippen molar-refractivity contribution in [1.29, 1.82) is 0 Å². The summed E-state index contributed by atoms with van der Waals surface area (Å²) in [5.74, 6) is -0.0390. The Kier molecular flexibility index (Phi) is 3.97. The zero-order chi connectivity index (χ0) is 16.8. The van der Waals surface area contributed by atoms with Gasteiger partial charge in [-0.15, -0.1) is 11.8 Å². The molecule has 0 bridgehead atoms. The van der Waals surface area contributed by atoms with Crippen LogP contribution in [-0.4, -0.2) is 34.8 Å². The molecular weight excluding hydrogens is 334 g/mol. The van der Waals surface area contributed by atoms with E-state index in [9.17, 15) is 14.4 Å². The van der Waals surface area contributed by atoms with Crippen LogP contribution in [0.2, 0.25) is 0 Å². The highest BCUT2D eigenvalue weighted by Gasteiger charge is 2.48. The highest BCUT2D eigenvalue weighted by atomic mass is 32.2. The second-order valence-corrected chi connectivity index (χ2v) is 7.55. The predicted octanol–water partition coefficient (Wildman–Crippen LogP) is 2.32. The molecule has 0 aliphatic carbocycles. The minimum absolute atomic E-state index is 0.179. The van der Waals surface area contributed by atoms with Gasteiger partial charge in [-0.3, -0.25) is 14.4 Å². The minimum atomic E-state index is -0.803. The highest BCUT2D eigenvalue weighted by Crippen LogP contribution is 2.48. The number of benzene rings is 1. The van der Waals surface area contributed by atoms with Crippen LogP contribution in [0.5, 0.6) is 0 Å². The van der Waals surface area contributed by atoms with Crippen LogP contribution >= 0.6 is 23.5 Å². The maximum atomic E-state index is 12.7. The summed E-state index contributed by atoms with van der Waals surface area (Å²) >= 11 is 2.55. The molecule has 2 aliphatic heterocycles. The van der Waals surface area contributed by atoms with Gasteiger partial charge in [0.2, 0.25) is 5.91 Å². The van der Waals surface area contributed by atoms with E-state index in [0.717, 1.165) is 28.6 Å². The quantitative estimate of drug-likeness (QED) is 0.886. The number of hydrogen-bond donors (Lipinski definition) is 1. The molecule has 120 valence electrons. The van der Waals surface area contributed by atoms with E-state index in [2.05, 4.69) is 10.5 Å². The number of hydrazone groups is 1. The Morgan fingerprint density at radius 2 is 2.17 bits per heavy atom. The van der Waals surface area contributed by atoms with E-state index in [1.807, 2.05) is 25.3 Å². The summed E-state index contributed by atoms with van der Waals surface area (Å²) in [5, 5.41) is 3.90. The van der Waals surface area contributed by atoms with Gasteiger partial charge in [-0.05, 0) is 30.9 Å². The number of amides is 3. The van der Waals surface area contributed by atoms with Crippen LogP contribution in [0.15, 0.2) is 23.3 Å². The van der Waals surface area contributed by atoms with Crippen LogP contribution in [0.1, 0.15) is 25.0 Å². The van der Waals surface area contributed by atoms with Crippen molar-refractivity contribution < 1.29 is 14.4 Å². The summed E-state index contributed by atoms with van der Waals surface area (Å²) in [4.78, 5) is 37.0. The monoisotopic (exact) mass is 349 g/mol. The van der Waals surface area contributed by atoms with E-state index in [1.165, 1.54) is 23.6 Å². The summed E-state index contributed by atoms with van der Waals surface area (Å²) in [5.41, 5.74) is 5.45. The molecule has 0 spiro atoms. The number of fused-ring (bicyclic) bond motifs is 1. The number of nitrogens with zero attached hydrogens (tertiary/aromatic N) is 2. The molecule has 0 radical (unpaired) electrons. The van der Waals surface area contributed by atoms with E-state index in [-0.39, 0.29) is 17.1 Å². The lowest BCUT2D eigenvalue weighted by Gasteiger charge is -2.21. The number of anilines is 1. The molecule has 3 rings (SSSR count). The standard InChI is InChI=1S/C15H15N3O3S2/c1-8(19)18-12-5-4-9(11-7-23-14(21)17-16-11)6-10(12)15(2,22-3)13(18)20/h4-6H,7H2,1-3H3,(H,17,21). The first kappa shape index (κ1) is 16.1. The number of hydrogen-bond acceptors (Lipinski definition) is 6. The van der Waals surface area contributed by atoms with Gasteiger partial charge in [0.25, 0.3) is 11.1 Å². The third kappa shape index (κ3) is 2.46. The second kappa shape index (κ2) is 5.68. The van der Waals surface area contributed by atoms with Crippen LogP contribution in [0.4, 0.5) is 10.5 Å². The van der Waals surface area contributed by atoms with Crippen LogP contribution in [0.25, 0.3) is 0 Å². The van der Waals surface area contributed by atoms with Crippen molar-refractivity contribution in [3.63, 3.8) is 0 Å². The molecule has 23 heavy (non-hydrogen) atoms. The first-order chi connectivity index (χ1) is 10.9. The summed E-state index contributed by atoms with van der Waals surface area (Å²) in [7, 11) is 0. The Morgan fingerprint density at radius 1 is 1.43 bits per heavy atom. The molecule has 1 aromatic rings. The van der Waals surface area contributed by atoms with Crippen molar-refractivity contribution in [3.05, 3.63) is 29.3 Å². The predicted molar refractivity (Wildman–Crippen MR) is 93.0 cm³/mol. The summed E-state index contributed by atoms with van der Waals surface area (Å²) in [6, 6.07) is 5.49. The fourth-order valence-electron chi connectivity index (χ4n) is 2.70. The molecular formula is C15H15N3O3S2. The molecule has 1 atom stereocenters. The van der Waals surface area contributed by atoms with Crippen LogP contribution in [-0.2, 0) is 14.3 Å². The maximum Gasteiger partial charge on any atom is 0.299 e. The third-order valence-corrected chi connectivity index (χ3v) is 6.02. The van der Waals surface area contributed by atoms with Gasteiger partial charge in [0.15, 0.2) is 0 Å². The summed E-state index contributed by atoms with van der Waals surface area (Å²) < 4.78 is -0.803. The third-order valence-electron chi connectivity index (χ3n) is 4.04. The smallest absolute Gasteiger partial charge is 0.274 e. The molecule has 0 saturated carbocycles. The van der Waals surface area contributed by atoms with Crippen molar-refractivity contribution >= 4 is 52.0 Å². The molecule has 0 fully saturated rings.